The van der Waals surface area contributed by atoms with Crippen LogP contribution in [0.1, 0.15) is 21.5 Å². The number of hydrogen-bond acceptors (Lipinski definition) is 4. The second-order valence-electron chi connectivity index (χ2n) is 6.21. The van der Waals surface area contributed by atoms with Crippen LogP contribution in [0.4, 0.5) is 4.39 Å². The number of hydrogen-bond donors (Lipinski definition) is 1. The lowest BCUT2D eigenvalue weighted by atomic mass is 10.0. The Morgan fingerprint density at radius 1 is 1.35 bits per heavy atom. The molecule has 2 aromatic rings. The van der Waals surface area contributed by atoms with Gasteiger partial charge in [0.05, 0.1) is 18.7 Å². The lowest BCUT2D eigenvalue weighted by Gasteiger charge is -2.26. The first-order valence-corrected chi connectivity index (χ1v) is 8.32. The average Bonchev–Trinajstić information content (AvgIpc) is 2.63. The number of rotatable bonds is 3. The maximum atomic E-state index is 12.7. The third-order valence-electron chi connectivity index (χ3n) is 4.40. The van der Waals surface area contributed by atoms with E-state index in [1.807, 2.05) is 6.07 Å². The molecule has 0 saturated carbocycles. The van der Waals surface area contributed by atoms with Gasteiger partial charge in [-0.25, -0.2) is 4.39 Å². The molecule has 3 rings (SSSR count). The van der Waals surface area contributed by atoms with Crippen LogP contribution in [-0.2, 0) is 18.3 Å². The van der Waals surface area contributed by atoms with E-state index in [0.29, 0.717) is 36.2 Å². The van der Waals surface area contributed by atoms with Gasteiger partial charge in [-0.15, -0.1) is 0 Å². The molecule has 7 heteroatoms. The van der Waals surface area contributed by atoms with E-state index in [-0.39, 0.29) is 5.56 Å². The van der Waals surface area contributed by atoms with E-state index in [9.17, 15) is 14.0 Å². The monoisotopic (exact) mass is 357 g/mol. The van der Waals surface area contributed by atoms with E-state index in [1.165, 1.54) is 6.20 Å². The summed E-state index contributed by atoms with van der Waals surface area (Å²) < 4.78 is 19.6. The van der Waals surface area contributed by atoms with Gasteiger partial charge in [-0.05, 0) is 17.7 Å². The second kappa shape index (κ2) is 7.68. The van der Waals surface area contributed by atoms with Crippen LogP contribution in [0.25, 0.3) is 10.9 Å². The van der Waals surface area contributed by atoms with E-state index in [1.54, 1.807) is 17.7 Å². The molecule has 2 heterocycles. The van der Waals surface area contributed by atoms with Crippen molar-refractivity contribution >= 4 is 16.8 Å². The lowest BCUT2D eigenvalue weighted by molar-refractivity contribution is 0.0342. The number of halogens is 1. The van der Waals surface area contributed by atoms with E-state index < -0.39 is 18.0 Å². The van der Waals surface area contributed by atoms with Crippen molar-refractivity contribution in [2.45, 2.75) is 6.54 Å². The molecule has 26 heavy (non-hydrogen) atoms. The number of alkyl halides is 1. The Morgan fingerprint density at radius 3 is 2.73 bits per heavy atom. The third kappa shape index (κ3) is 3.62. The molecule has 0 unspecified atom stereocenters. The molecule has 0 bridgehead atoms. The van der Waals surface area contributed by atoms with Crippen molar-refractivity contribution in [3.05, 3.63) is 45.2 Å². The molecular formula is C19H20FN3O3. The van der Waals surface area contributed by atoms with Crippen LogP contribution in [0, 0.1) is 11.8 Å². The summed E-state index contributed by atoms with van der Waals surface area (Å²) in [6.45, 7) is 2.76. The van der Waals surface area contributed by atoms with Gasteiger partial charge < -0.3 is 15.0 Å². The minimum Gasteiger partial charge on any atom is -0.379 e. The number of carbonyl (C=O) groups is 1. The predicted octanol–water partition coefficient (Wildman–Crippen LogP) is 0.791. The number of fused-ring (bicyclic) bond motifs is 1. The number of aryl methyl sites for hydroxylation is 1. The Labute approximate surface area is 150 Å². The normalized spacial score (nSPS) is 14.8. The molecule has 1 amide bonds. The van der Waals surface area contributed by atoms with Gasteiger partial charge in [0.2, 0.25) is 5.43 Å². The van der Waals surface area contributed by atoms with Gasteiger partial charge in [-0.2, -0.15) is 0 Å². The summed E-state index contributed by atoms with van der Waals surface area (Å²) in [4.78, 5) is 26.5. The minimum atomic E-state index is -0.775. The van der Waals surface area contributed by atoms with Crippen molar-refractivity contribution in [3.63, 3.8) is 0 Å². The summed E-state index contributed by atoms with van der Waals surface area (Å²) in [6, 6.07) is 3.63. The number of aromatic nitrogens is 1. The highest BCUT2D eigenvalue weighted by atomic mass is 19.1. The van der Waals surface area contributed by atoms with Gasteiger partial charge in [0.25, 0.3) is 5.91 Å². The number of primary amides is 1. The zero-order valence-electron chi connectivity index (χ0n) is 14.5. The zero-order chi connectivity index (χ0) is 18.7. The molecule has 0 aliphatic carbocycles. The number of benzene rings is 1. The van der Waals surface area contributed by atoms with Crippen molar-refractivity contribution < 1.29 is 13.9 Å². The maximum Gasteiger partial charge on any atom is 0.254 e. The van der Waals surface area contributed by atoms with Crippen molar-refractivity contribution in [2.75, 3.05) is 33.0 Å². The van der Waals surface area contributed by atoms with Crippen molar-refractivity contribution in [3.8, 4) is 11.8 Å². The molecule has 136 valence electrons. The number of morpholine rings is 1. The van der Waals surface area contributed by atoms with Crippen LogP contribution >= 0.6 is 0 Å². The molecule has 1 saturated heterocycles. The summed E-state index contributed by atoms with van der Waals surface area (Å²) in [5, 5.41) is 0.359. The van der Waals surface area contributed by atoms with Crippen molar-refractivity contribution in [1.82, 2.24) is 9.47 Å². The Hall–Kier alpha value is -2.69. The predicted molar refractivity (Wildman–Crippen MR) is 96.7 cm³/mol. The number of carbonyl (C=O) groups excluding carboxylic acids is 1. The summed E-state index contributed by atoms with van der Waals surface area (Å²) in [6.07, 6.45) is 1.40. The highest BCUT2D eigenvalue weighted by Crippen LogP contribution is 2.20. The Morgan fingerprint density at radius 2 is 2.08 bits per heavy atom. The van der Waals surface area contributed by atoms with Crippen LogP contribution in [0.15, 0.2) is 23.1 Å². The first-order chi connectivity index (χ1) is 12.5. The maximum absolute atomic E-state index is 12.7. The SMILES string of the molecule is Cn1cc(C(N)=O)c(=O)c2cc(CN3CCOCC3)cc(C#CCF)c21. The number of nitrogens with zero attached hydrogens (tertiary/aromatic N) is 2. The van der Waals surface area contributed by atoms with Gasteiger partial charge in [0.1, 0.15) is 5.56 Å². The number of amides is 1. The summed E-state index contributed by atoms with van der Waals surface area (Å²) in [5.74, 6) is 4.43. The van der Waals surface area contributed by atoms with Gasteiger partial charge in [-0.3, -0.25) is 14.5 Å². The first kappa shape index (κ1) is 18.1. The van der Waals surface area contributed by atoms with Gasteiger partial charge in [0.15, 0.2) is 6.67 Å². The summed E-state index contributed by atoms with van der Waals surface area (Å²) >= 11 is 0. The number of nitrogens with two attached hydrogens (primary N) is 1. The fourth-order valence-corrected chi connectivity index (χ4v) is 3.22. The van der Waals surface area contributed by atoms with E-state index in [0.717, 1.165) is 18.7 Å². The molecule has 1 aromatic heterocycles. The molecule has 6 nitrogen and oxygen atoms in total. The smallest absolute Gasteiger partial charge is 0.254 e. The summed E-state index contributed by atoms with van der Waals surface area (Å²) in [5.41, 5.74) is 6.81. The minimum absolute atomic E-state index is 0.0760. The Bertz CT molecular complexity index is 966. The lowest BCUT2D eigenvalue weighted by Crippen LogP contribution is -2.35. The van der Waals surface area contributed by atoms with Crippen LogP contribution < -0.4 is 11.2 Å². The molecule has 0 spiro atoms. The fourth-order valence-electron chi connectivity index (χ4n) is 3.22. The van der Waals surface area contributed by atoms with Crippen LogP contribution in [0.5, 0.6) is 0 Å². The third-order valence-corrected chi connectivity index (χ3v) is 4.40. The fraction of sp³-hybridized carbons (Fsp3) is 0.368. The number of ether oxygens (including phenoxy) is 1. The van der Waals surface area contributed by atoms with Gasteiger partial charge in [-0.1, -0.05) is 11.8 Å². The second-order valence-corrected chi connectivity index (χ2v) is 6.21. The highest BCUT2D eigenvalue weighted by molar-refractivity contribution is 5.97. The first-order valence-electron chi connectivity index (χ1n) is 8.32. The van der Waals surface area contributed by atoms with Crippen LogP contribution in [-0.4, -0.2) is 48.4 Å². The van der Waals surface area contributed by atoms with E-state index in [2.05, 4.69) is 16.7 Å². The van der Waals surface area contributed by atoms with Crippen molar-refractivity contribution in [2.24, 2.45) is 12.8 Å². The topological polar surface area (TPSA) is 77.6 Å². The summed E-state index contributed by atoms with van der Waals surface area (Å²) in [7, 11) is 1.70. The molecule has 1 aliphatic rings. The highest BCUT2D eigenvalue weighted by Gasteiger charge is 2.17. The number of pyridine rings is 1. The molecule has 1 fully saturated rings. The van der Waals surface area contributed by atoms with Crippen molar-refractivity contribution in [1.29, 1.82) is 0 Å². The van der Waals surface area contributed by atoms with Crippen LogP contribution in [0.3, 0.4) is 0 Å². The molecule has 2 N–H and O–H groups in total. The molecule has 0 atom stereocenters. The van der Waals surface area contributed by atoms with E-state index in [4.69, 9.17) is 10.5 Å². The van der Waals surface area contributed by atoms with E-state index >= 15 is 0 Å². The zero-order valence-corrected chi connectivity index (χ0v) is 14.5. The van der Waals surface area contributed by atoms with Gasteiger partial charge >= 0.3 is 0 Å². The largest absolute Gasteiger partial charge is 0.379 e. The Balaban J connectivity index is 2.19. The van der Waals surface area contributed by atoms with Gasteiger partial charge in [0, 0.05) is 43.8 Å². The Kier molecular flexibility index (Phi) is 5.35. The molecule has 0 radical (unpaired) electrons. The van der Waals surface area contributed by atoms with Crippen LogP contribution in [0.2, 0.25) is 0 Å². The standard InChI is InChI=1S/C19H20FN3O3/c1-22-12-16(19(21)25)18(24)15-10-13(11-23-5-7-26-8-6-23)9-14(17(15)22)3-2-4-20/h9-10,12H,4-8,11H2,1H3,(H2,21,25). The quantitative estimate of drug-likeness (QED) is 0.824. The average molecular weight is 357 g/mol. The molecular weight excluding hydrogens is 337 g/mol. The molecule has 1 aliphatic heterocycles. The molecule has 1 aromatic carbocycles.